The molecule has 3 rings (SSSR count). The Morgan fingerprint density at radius 2 is 2.12 bits per heavy atom. The zero-order chi connectivity index (χ0) is 11.8. The summed E-state index contributed by atoms with van der Waals surface area (Å²) in [6.45, 7) is 2.25. The number of alkyl halides is 1. The number of benzene rings is 1. The molecule has 2 aliphatic rings. The highest BCUT2D eigenvalue weighted by molar-refractivity contribution is 9.09. The first-order valence-electron chi connectivity index (χ1n) is 6.24. The molecule has 1 aromatic carbocycles. The Bertz CT molecular complexity index is 383. The number of nitrogens with zero attached hydrogens (tertiary/aromatic N) is 1. The molecule has 1 saturated heterocycles. The molecule has 0 amide bonds. The number of ether oxygens (including phenoxy) is 1. The van der Waals surface area contributed by atoms with Crippen molar-refractivity contribution in [1.29, 1.82) is 0 Å². The van der Waals surface area contributed by atoms with Crippen LogP contribution >= 0.6 is 15.9 Å². The van der Waals surface area contributed by atoms with E-state index >= 15 is 0 Å². The summed E-state index contributed by atoms with van der Waals surface area (Å²) >= 11 is 3.84. The summed E-state index contributed by atoms with van der Waals surface area (Å²) < 4.78 is 5.61. The Labute approximate surface area is 111 Å². The van der Waals surface area contributed by atoms with Gasteiger partial charge in [-0.1, -0.05) is 46.3 Å². The third-order valence-corrected chi connectivity index (χ3v) is 5.40. The quantitative estimate of drug-likeness (QED) is 0.795. The maximum absolute atomic E-state index is 5.61. The van der Waals surface area contributed by atoms with Gasteiger partial charge in [-0.3, -0.25) is 4.90 Å². The molecule has 0 radical (unpaired) electrons. The summed E-state index contributed by atoms with van der Waals surface area (Å²) in [6.07, 6.45) is 1.62. The van der Waals surface area contributed by atoms with Gasteiger partial charge in [-0.2, -0.15) is 0 Å². The highest BCUT2D eigenvalue weighted by Gasteiger charge is 2.51. The second-order valence-corrected chi connectivity index (χ2v) is 6.18. The van der Waals surface area contributed by atoms with Gasteiger partial charge in [0.25, 0.3) is 0 Å². The van der Waals surface area contributed by atoms with E-state index in [1.807, 2.05) is 7.11 Å². The van der Waals surface area contributed by atoms with Gasteiger partial charge in [0.2, 0.25) is 0 Å². The normalized spacial score (nSPS) is 36.6. The molecule has 4 atom stereocenters. The molecule has 0 spiro atoms. The van der Waals surface area contributed by atoms with Crippen molar-refractivity contribution < 1.29 is 4.74 Å². The van der Waals surface area contributed by atoms with Gasteiger partial charge in [0.1, 0.15) is 0 Å². The van der Waals surface area contributed by atoms with E-state index in [-0.39, 0.29) is 0 Å². The van der Waals surface area contributed by atoms with Crippen LogP contribution in [0.4, 0.5) is 0 Å². The second-order valence-electron chi connectivity index (χ2n) is 5.12. The van der Waals surface area contributed by atoms with Crippen molar-refractivity contribution in [1.82, 2.24) is 4.90 Å². The van der Waals surface area contributed by atoms with Gasteiger partial charge < -0.3 is 4.74 Å². The minimum Gasteiger partial charge on any atom is -0.380 e. The second kappa shape index (κ2) is 4.71. The Morgan fingerprint density at radius 1 is 1.35 bits per heavy atom. The Kier molecular flexibility index (Phi) is 3.24. The van der Waals surface area contributed by atoms with Crippen LogP contribution in [0, 0.1) is 5.92 Å². The van der Waals surface area contributed by atoms with Crippen molar-refractivity contribution in [3.05, 3.63) is 35.9 Å². The predicted octanol–water partition coefficient (Wildman–Crippen LogP) is 2.67. The van der Waals surface area contributed by atoms with Crippen molar-refractivity contribution >= 4 is 15.9 Å². The van der Waals surface area contributed by atoms with Crippen LogP contribution in [-0.2, 0) is 11.3 Å². The average Bonchev–Trinajstić information content (AvgIpc) is 2.83. The van der Waals surface area contributed by atoms with Gasteiger partial charge in [0.15, 0.2) is 0 Å². The predicted molar refractivity (Wildman–Crippen MR) is 72.3 cm³/mol. The Balaban J connectivity index is 1.73. The molecule has 17 heavy (non-hydrogen) atoms. The van der Waals surface area contributed by atoms with Crippen molar-refractivity contribution in [2.45, 2.75) is 29.9 Å². The van der Waals surface area contributed by atoms with Crippen molar-refractivity contribution in [2.75, 3.05) is 13.7 Å². The van der Waals surface area contributed by atoms with Gasteiger partial charge >= 0.3 is 0 Å². The van der Waals surface area contributed by atoms with Crippen LogP contribution < -0.4 is 0 Å². The van der Waals surface area contributed by atoms with Crippen molar-refractivity contribution in [3.63, 3.8) is 0 Å². The molecule has 3 heteroatoms. The molecule has 2 fully saturated rings. The zero-order valence-corrected chi connectivity index (χ0v) is 11.6. The highest BCUT2D eigenvalue weighted by Crippen LogP contribution is 2.44. The number of piperidine rings is 1. The van der Waals surface area contributed by atoms with E-state index in [2.05, 4.69) is 51.2 Å². The molecule has 1 heterocycles. The first-order valence-corrected chi connectivity index (χ1v) is 7.16. The Morgan fingerprint density at radius 3 is 2.76 bits per heavy atom. The summed E-state index contributed by atoms with van der Waals surface area (Å²) in [5, 5.41) is 0. The van der Waals surface area contributed by atoms with E-state index in [0.29, 0.717) is 17.0 Å². The molecule has 1 aliphatic heterocycles. The van der Waals surface area contributed by atoms with E-state index in [9.17, 15) is 0 Å². The molecular formula is C14H18BrNO. The molecule has 1 saturated carbocycles. The van der Waals surface area contributed by atoms with Gasteiger partial charge in [-0.15, -0.1) is 0 Å². The van der Waals surface area contributed by atoms with E-state index < -0.39 is 0 Å². The lowest BCUT2D eigenvalue weighted by Crippen LogP contribution is -2.42. The van der Waals surface area contributed by atoms with Crippen LogP contribution in [0.25, 0.3) is 0 Å². The minimum absolute atomic E-state index is 0.404. The van der Waals surface area contributed by atoms with E-state index in [4.69, 9.17) is 4.74 Å². The number of methoxy groups -OCH3 is 1. The largest absolute Gasteiger partial charge is 0.380 e. The molecule has 1 aliphatic carbocycles. The standard InChI is InChI=1S/C14H18BrNO/c1-17-12-7-11-9-16(14(12)13(11)15)8-10-5-3-2-4-6-10/h2-6,11-14H,7-9H2,1H3/t11-,12-,13+,14-/m0/s1. The first kappa shape index (κ1) is 11.7. The number of fused-ring (bicyclic) bond motifs is 2. The van der Waals surface area contributed by atoms with Gasteiger partial charge in [-0.25, -0.2) is 0 Å². The number of likely N-dealkylation sites (tertiary alicyclic amines) is 1. The van der Waals surface area contributed by atoms with Crippen LogP contribution in [0.5, 0.6) is 0 Å². The number of hydrogen-bond donors (Lipinski definition) is 0. The monoisotopic (exact) mass is 295 g/mol. The van der Waals surface area contributed by atoms with Crippen LogP contribution in [0.1, 0.15) is 12.0 Å². The fourth-order valence-electron chi connectivity index (χ4n) is 3.31. The fourth-order valence-corrected chi connectivity index (χ4v) is 4.37. The average molecular weight is 296 g/mol. The van der Waals surface area contributed by atoms with E-state index in [1.165, 1.54) is 18.5 Å². The number of rotatable bonds is 3. The topological polar surface area (TPSA) is 12.5 Å². The number of halogens is 1. The van der Waals surface area contributed by atoms with Crippen molar-refractivity contribution in [2.24, 2.45) is 5.92 Å². The lowest BCUT2D eigenvalue weighted by molar-refractivity contribution is 0.0172. The summed E-state index contributed by atoms with van der Waals surface area (Å²) in [5.41, 5.74) is 1.40. The molecule has 2 nitrogen and oxygen atoms in total. The van der Waals surface area contributed by atoms with Gasteiger partial charge in [0, 0.05) is 31.1 Å². The minimum atomic E-state index is 0.404. The summed E-state index contributed by atoms with van der Waals surface area (Å²) in [5.74, 6) is 0.758. The SMILES string of the molecule is CO[C@H]1C[C@H]2CN(Cc3ccccc3)[C@@H]1[C@@H]2Br. The number of hydrogen-bond acceptors (Lipinski definition) is 2. The molecule has 0 N–H and O–H groups in total. The molecule has 0 aromatic heterocycles. The van der Waals surface area contributed by atoms with Gasteiger partial charge in [0.05, 0.1) is 6.10 Å². The van der Waals surface area contributed by atoms with Crippen LogP contribution in [0.15, 0.2) is 30.3 Å². The van der Waals surface area contributed by atoms with Gasteiger partial charge in [-0.05, 0) is 17.9 Å². The lowest BCUT2D eigenvalue weighted by atomic mass is 10.1. The zero-order valence-electron chi connectivity index (χ0n) is 10.1. The smallest absolute Gasteiger partial charge is 0.0741 e. The third kappa shape index (κ3) is 2.05. The molecule has 2 bridgehead atoms. The summed E-state index contributed by atoms with van der Waals surface area (Å²) in [6, 6.07) is 11.3. The van der Waals surface area contributed by atoms with Crippen LogP contribution in [0.2, 0.25) is 0 Å². The maximum Gasteiger partial charge on any atom is 0.0741 e. The molecule has 0 unspecified atom stereocenters. The molecular weight excluding hydrogens is 278 g/mol. The molecule has 1 aromatic rings. The summed E-state index contributed by atoms with van der Waals surface area (Å²) in [7, 11) is 1.84. The lowest BCUT2D eigenvalue weighted by Gasteiger charge is -2.32. The first-order chi connectivity index (χ1) is 8.29. The van der Waals surface area contributed by atoms with Crippen LogP contribution in [0.3, 0.4) is 0 Å². The highest BCUT2D eigenvalue weighted by atomic mass is 79.9. The maximum atomic E-state index is 5.61. The van der Waals surface area contributed by atoms with Crippen LogP contribution in [-0.4, -0.2) is 35.5 Å². The summed E-state index contributed by atoms with van der Waals surface area (Å²) in [4.78, 5) is 3.17. The fraction of sp³-hybridized carbons (Fsp3) is 0.571. The molecule has 92 valence electrons. The van der Waals surface area contributed by atoms with Crippen molar-refractivity contribution in [3.8, 4) is 0 Å². The Hall–Kier alpha value is -0.380. The third-order valence-electron chi connectivity index (χ3n) is 4.11. The van der Waals surface area contributed by atoms with E-state index in [0.717, 1.165) is 12.5 Å². The van der Waals surface area contributed by atoms with E-state index in [1.54, 1.807) is 0 Å².